The maximum atomic E-state index is 12.6. The zero-order chi connectivity index (χ0) is 17.4. The Morgan fingerprint density at radius 2 is 1.83 bits per heavy atom. The second-order valence-electron chi connectivity index (χ2n) is 5.01. The van der Waals surface area contributed by atoms with Crippen molar-refractivity contribution in [2.75, 3.05) is 32.4 Å². The summed E-state index contributed by atoms with van der Waals surface area (Å²) in [4.78, 5) is 17.1. The van der Waals surface area contributed by atoms with Gasteiger partial charge < -0.3 is 4.90 Å². The van der Waals surface area contributed by atoms with Crippen LogP contribution in [-0.4, -0.2) is 60.9 Å². The maximum absolute atomic E-state index is 12.6. The number of halogens is 4. The smallest absolute Gasteiger partial charge is 0.335 e. The third kappa shape index (κ3) is 4.12. The number of hydrogen-bond acceptors (Lipinski definition) is 4. The molecular formula is C12H13ClF3N3O3S. The predicted octanol–water partition coefficient (Wildman–Crippen LogP) is 1.47. The Balaban J connectivity index is 2.13. The second kappa shape index (κ2) is 6.25. The minimum absolute atomic E-state index is 0.114. The Kier molecular flexibility index (Phi) is 4.88. The van der Waals surface area contributed by atoms with Crippen LogP contribution in [0.1, 0.15) is 16.1 Å². The van der Waals surface area contributed by atoms with Crippen LogP contribution in [0.15, 0.2) is 12.3 Å². The zero-order valence-corrected chi connectivity index (χ0v) is 13.5. The van der Waals surface area contributed by atoms with Crippen molar-refractivity contribution in [1.82, 2.24) is 14.2 Å². The summed E-state index contributed by atoms with van der Waals surface area (Å²) < 4.78 is 61.7. The fourth-order valence-corrected chi connectivity index (χ4v) is 3.20. The van der Waals surface area contributed by atoms with Gasteiger partial charge in [-0.2, -0.15) is 17.5 Å². The van der Waals surface area contributed by atoms with Crippen LogP contribution in [0.5, 0.6) is 0 Å². The molecule has 1 aromatic rings. The van der Waals surface area contributed by atoms with Crippen LogP contribution in [0, 0.1) is 0 Å². The number of pyridine rings is 1. The van der Waals surface area contributed by atoms with Gasteiger partial charge in [-0.15, -0.1) is 0 Å². The summed E-state index contributed by atoms with van der Waals surface area (Å²) in [6, 6.07) is 0.647. The summed E-state index contributed by atoms with van der Waals surface area (Å²) in [6.07, 6.45) is -2.98. The number of sulfonamides is 1. The van der Waals surface area contributed by atoms with Crippen molar-refractivity contribution in [2.24, 2.45) is 0 Å². The monoisotopic (exact) mass is 371 g/mol. The number of aromatic nitrogens is 1. The van der Waals surface area contributed by atoms with Gasteiger partial charge >= 0.3 is 6.18 Å². The molecule has 2 rings (SSSR count). The molecule has 0 N–H and O–H groups in total. The number of piperazine rings is 1. The van der Waals surface area contributed by atoms with Crippen molar-refractivity contribution in [2.45, 2.75) is 6.18 Å². The molecule has 0 atom stereocenters. The number of amides is 1. The fraction of sp³-hybridized carbons (Fsp3) is 0.500. The highest BCUT2D eigenvalue weighted by molar-refractivity contribution is 7.88. The maximum Gasteiger partial charge on any atom is 0.417 e. The van der Waals surface area contributed by atoms with Gasteiger partial charge in [0.15, 0.2) is 0 Å². The van der Waals surface area contributed by atoms with E-state index in [2.05, 4.69) is 4.98 Å². The minimum Gasteiger partial charge on any atom is -0.335 e. The van der Waals surface area contributed by atoms with Gasteiger partial charge in [0, 0.05) is 32.4 Å². The van der Waals surface area contributed by atoms with Crippen LogP contribution < -0.4 is 0 Å². The van der Waals surface area contributed by atoms with E-state index in [1.54, 1.807) is 0 Å². The first kappa shape index (κ1) is 18.0. The van der Waals surface area contributed by atoms with Crippen LogP contribution in [0.2, 0.25) is 5.02 Å². The number of carbonyl (C=O) groups is 1. The third-order valence-electron chi connectivity index (χ3n) is 3.37. The van der Waals surface area contributed by atoms with E-state index in [9.17, 15) is 26.4 Å². The average Bonchev–Trinajstić information content (AvgIpc) is 2.45. The fourth-order valence-electron chi connectivity index (χ4n) is 2.12. The number of alkyl halides is 3. The summed E-state index contributed by atoms with van der Waals surface area (Å²) in [6.45, 7) is 0.460. The van der Waals surface area contributed by atoms with Crippen LogP contribution >= 0.6 is 11.6 Å². The van der Waals surface area contributed by atoms with E-state index in [0.717, 1.165) is 6.26 Å². The lowest BCUT2D eigenvalue weighted by atomic mass is 10.2. The highest BCUT2D eigenvalue weighted by Gasteiger charge is 2.33. The molecular weight excluding hydrogens is 359 g/mol. The summed E-state index contributed by atoms with van der Waals surface area (Å²) in [5.74, 6) is -0.628. The Hall–Kier alpha value is -1.39. The summed E-state index contributed by atoms with van der Waals surface area (Å²) in [7, 11) is -3.34. The first-order valence-corrected chi connectivity index (χ1v) is 8.70. The Bertz CT molecular complexity index is 716. The molecule has 0 unspecified atom stereocenters. The highest BCUT2D eigenvalue weighted by atomic mass is 35.5. The first-order chi connectivity index (χ1) is 10.5. The van der Waals surface area contributed by atoms with E-state index in [1.165, 1.54) is 9.21 Å². The summed E-state index contributed by atoms with van der Waals surface area (Å²) in [5, 5.41) is -0.393. The molecule has 128 valence electrons. The molecule has 0 spiro atoms. The van der Waals surface area contributed by atoms with Crippen LogP contribution in [0.4, 0.5) is 13.2 Å². The van der Waals surface area contributed by atoms with Crippen molar-refractivity contribution in [3.63, 3.8) is 0 Å². The molecule has 1 saturated heterocycles. The van der Waals surface area contributed by atoms with E-state index >= 15 is 0 Å². The van der Waals surface area contributed by atoms with Crippen molar-refractivity contribution in [3.8, 4) is 0 Å². The molecule has 0 saturated carbocycles. The Morgan fingerprint density at radius 3 is 2.26 bits per heavy atom. The van der Waals surface area contributed by atoms with Crippen molar-refractivity contribution >= 4 is 27.5 Å². The quantitative estimate of drug-likeness (QED) is 0.789. The number of rotatable bonds is 2. The average molecular weight is 372 g/mol. The van der Waals surface area contributed by atoms with Crippen LogP contribution in [0.3, 0.4) is 0 Å². The molecule has 0 bridgehead atoms. The molecule has 11 heteroatoms. The van der Waals surface area contributed by atoms with E-state index in [1.807, 2.05) is 0 Å². The number of nitrogens with zero attached hydrogens (tertiary/aromatic N) is 3. The van der Waals surface area contributed by atoms with Gasteiger partial charge in [0.25, 0.3) is 5.91 Å². The lowest BCUT2D eigenvalue weighted by molar-refractivity contribution is -0.137. The van der Waals surface area contributed by atoms with E-state index in [0.29, 0.717) is 12.3 Å². The molecule has 1 aliphatic heterocycles. The standard InChI is InChI=1S/C12H13ClF3N3O3S/c1-23(21,22)19-4-2-18(3-5-19)11(20)10-9(13)6-8(7-17-10)12(14,15)16/h6-7H,2-5H2,1H3. The summed E-state index contributed by atoms with van der Waals surface area (Å²) >= 11 is 5.73. The van der Waals surface area contributed by atoms with Crippen molar-refractivity contribution < 1.29 is 26.4 Å². The van der Waals surface area contributed by atoms with Gasteiger partial charge in [0.05, 0.1) is 16.8 Å². The molecule has 2 heterocycles. The molecule has 23 heavy (non-hydrogen) atoms. The lowest BCUT2D eigenvalue weighted by Gasteiger charge is -2.33. The van der Waals surface area contributed by atoms with Crippen LogP contribution in [0.25, 0.3) is 0 Å². The van der Waals surface area contributed by atoms with Crippen molar-refractivity contribution in [3.05, 3.63) is 28.5 Å². The number of hydrogen-bond donors (Lipinski definition) is 0. The van der Waals surface area contributed by atoms with E-state index in [-0.39, 0.29) is 31.9 Å². The molecule has 1 amide bonds. The Morgan fingerprint density at radius 1 is 1.26 bits per heavy atom. The van der Waals surface area contributed by atoms with Gasteiger partial charge in [0.2, 0.25) is 10.0 Å². The highest BCUT2D eigenvalue weighted by Crippen LogP contribution is 2.31. The minimum atomic E-state index is -4.60. The van der Waals surface area contributed by atoms with Gasteiger partial charge in [-0.05, 0) is 6.07 Å². The number of carbonyl (C=O) groups excluding carboxylic acids is 1. The largest absolute Gasteiger partial charge is 0.417 e. The van der Waals surface area contributed by atoms with Gasteiger partial charge in [-0.25, -0.2) is 13.4 Å². The Labute approximate surface area is 135 Å². The van der Waals surface area contributed by atoms with E-state index in [4.69, 9.17) is 11.6 Å². The van der Waals surface area contributed by atoms with Gasteiger partial charge in [0.1, 0.15) is 5.69 Å². The lowest BCUT2D eigenvalue weighted by Crippen LogP contribution is -2.50. The molecule has 1 aromatic heterocycles. The van der Waals surface area contributed by atoms with Gasteiger partial charge in [-0.3, -0.25) is 4.79 Å². The molecule has 0 aromatic carbocycles. The SMILES string of the molecule is CS(=O)(=O)N1CCN(C(=O)c2ncc(C(F)(F)F)cc2Cl)CC1. The third-order valence-corrected chi connectivity index (χ3v) is 4.96. The normalized spacial score (nSPS) is 17.3. The molecule has 1 aliphatic rings. The van der Waals surface area contributed by atoms with Crippen LogP contribution in [-0.2, 0) is 16.2 Å². The van der Waals surface area contributed by atoms with Crippen molar-refractivity contribution in [1.29, 1.82) is 0 Å². The molecule has 0 aliphatic carbocycles. The zero-order valence-electron chi connectivity index (χ0n) is 12.0. The molecule has 0 radical (unpaired) electrons. The topological polar surface area (TPSA) is 70.6 Å². The van der Waals surface area contributed by atoms with Gasteiger partial charge in [-0.1, -0.05) is 11.6 Å². The molecule has 6 nitrogen and oxygen atoms in total. The second-order valence-corrected chi connectivity index (χ2v) is 7.40. The molecule has 1 fully saturated rings. The summed E-state index contributed by atoms with van der Waals surface area (Å²) in [5.41, 5.74) is -1.33. The predicted molar refractivity (Wildman–Crippen MR) is 76.6 cm³/mol. The first-order valence-electron chi connectivity index (χ1n) is 6.47. The van der Waals surface area contributed by atoms with E-state index < -0.39 is 32.7 Å².